The van der Waals surface area contributed by atoms with Gasteiger partial charge in [-0.25, -0.2) is 4.39 Å². The van der Waals surface area contributed by atoms with Gasteiger partial charge in [-0.05, 0) is 18.2 Å². The predicted molar refractivity (Wildman–Crippen MR) is 48.9 cm³/mol. The molecule has 78 valence electrons. The standard InChI is InChI=1S/C10H8FNO3/c11-8-5-7(6-12)1-2-9(8)15-4-3-10(13)14/h1-2,5H,3-4H2,(H,13,14). The third kappa shape index (κ3) is 3.27. The van der Waals surface area contributed by atoms with Gasteiger partial charge in [0.15, 0.2) is 11.6 Å². The molecule has 0 saturated carbocycles. The van der Waals surface area contributed by atoms with Gasteiger partial charge >= 0.3 is 5.97 Å². The van der Waals surface area contributed by atoms with Gasteiger partial charge in [0.05, 0.1) is 24.7 Å². The maximum absolute atomic E-state index is 13.1. The number of nitrogens with zero attached hydrogens (tertiary/aromatic N) is 1. The molecule has 0 radical (unpaired) electrons. The molecular formula is C10H8FNO3. The molecule has 5 heteroatoms. The van der Waals surface area contributed by atoms with Gasteiger partial charge in [-0.2, -0.15) is 5.26 Å². The molecule has 15 heavy (non-hydrogen) atoms. The highest BCUT2D eigenvalue weighted by Crippen LogP contribution is 2.17. The highest BCUT2D eigenvalue weighted by atomic mass is 19.1. The fourth-order valence-corrected chi connectivity index (χ4v) is 0.936. The topological polar surface area (TPSA) is 70.3 Å². The Hall–Kier alpha value is -2.09. The Bertz CT molecular complexity index is 412. The average Bonchev–Trinajstić information content (AvgIpc) is 2.20. The maximum Gasteiger partial charge on any atom is 0.306 e. The van der Waals surface area contributed by atoms with E-state index in [2.05, 4.69) is 0 Å². The highest BCUT2D eigenvalue weighted by molar-refractivity contribution is 5.66. The predicted octanol–water partition coefficient (Wildman–Crippen LogP) is 1.55. The molecular weight excluding hydrogens is 201 g/mol. The second-order valence-electron chi connectivity index (χ2n) is 2.75. The highest BCUT2D eigenvalue weighted by Gasteiger charge is 2.05. The van der Waals surface area contributed by atoms with Crippen molar-refractivity contribution in [3.63, 3.8) is 0 Å². The van der Waals surface area contributed by atoms with E-state index < -0.39 is 11.8 Å². The van der Waals surface area contributed by atoms with E-state index in [1.54, 1.807) is 6.07 Å². The van der Waals surface area contributed by atoms with Crippen LogP contribution in [0.3, 0.4) is 0 Å². The van der Waals surface area contributed by atoms with Gasteiger partial charge < -0.3 is 9.84 Å². The van der Waals surface area contributed by atoms with Gasteiger partial charge in [-0.15, -0.1) is 0 Å². The van der Waals surface area contributed by atoms with Crippen LogP contribution in [0.2, 0.25) is 0 Å². The van der Waals surface area contributed by atoms with Gasteiger partial charge in [-0.1, -0.05) is 0 Å². The first-order valence-electron chi connectivity index (χ1n) is 4.17. The molecule has 0 aliphatic heterocycles. The Balaban J connectivity index is 2.63. The zero-order chi connectivity index (χ0) is 11.3. The molecule has 0 bridgehead atoms. The van der Waals surface area contributed by atoms with E-state index in [-0.39, 0.29) is 24.3 Å². The third-order valence-electron chi connectivity index (χ3n) is 1.63. The lowest BCUT2D eigenvalue weighted by Gasteiger charge is -2.05. The third-order valence-corrected chi connectivity index (χ3v) is 1.63. The Morgan fingerprint density at radius 1 is 1.60 bits per heavy atom. The fraction of sp³-hybridized carbons (Fsp3) is 0.200. The first-order chi connectivity index (χ1) is 7.13. The van der Waals surface area contributed by atoms with Crippen LogP contribution >= 0.6 is 0 Å². The van der Waals surface area contributed by atoms with E-state index in [1.807, 2.05) is 0 Å². The zero-order valence-corrected chi connectivity index (χ0v) is 7.74. The molecule has 0 aliphatic rings. The van der Waals surface area contributed by atoms with Gasteiger partial charge in [0.25, 0.3) is 0 Å². The normalized spacial score (nSPS) is 9.33. The molecule has 1 aromatic rings. The van der Waals surface area contributed by atoms with Crippen molar-refractivity contribution in [1.82, 2.24) is 0 Å². The van der Waals surface area contributed by atoms with Gasteiger partial charge in [-0.3, -0.25) is 4.79 Å². The second kappa shape index (κ2) is 4.96. The lowest BCUT2D eigenvalue weighted by Crippen LogP contribution is -2.05. The number of carbonyl (C=O) groups is 1. The number of nitriles is 1. The van der Waals surface area contributed by atoms with Crippen molar-refractivity contribution in [2.75, 3.05) is 6.61 Å². The number of carboxylic acids is 1. The minimum atomic E-state index is -1.01. The molecule has 0 amide bonds. The summed E-state index contributed by atoms with van der Waals surface area (Å²) in [6, 6.07) is 5.52. The minimum Gasteiger partial charge on any atom is -0.490 e. The second-order valence-corrected chi connectivity index (χ2v) is 2.75. The Morgan fingerprint density at radius 2 is 2.33 bits per heavy atom. The molecule has 0 aliphatic carbocycles. The smallest absolute Gasteiger partial charge is 0.306 e. The molecule has 1 aromatic carbocycles. The van der Waals surface area contributed by atoms with Crippen LogP contribution in [0, 0.1) is 17.1 Å². The van der Waals surface area contributed by atoms with Crippen molar-refractivity contribution in [3.05, 3.63) is 29.6 Å². The van der Waals surface area contributed by atoms with Crippen molar-refractivity contribution in [2.24, 2.45) is 0 Å². The summed E-state index contributed by atoms with van der Waals surface area (Å²) in [4.78, 5) is 10.2. The summed E-state index contributed by atoms with van der Waals surface area (Å²) in [5.41, 5.74) is 0.193. The van der Waals surface area contributed by atoms with Gasteiger partial charge in [0.1, 0.15) is 0 Å². The van der Waals surface area contributed by atoms with Crippen LogP contribution in [-0.2, 0) is 4.79 Å². The lowest BCUT2D eigenvalue weighted by molar-refractivity contribution is -0.137. The van der Waals surface area contributed by atoms with Crippen LogP contribution in [0.15, 0.2) is 18.2 Å². The van der Waals surface area contributed by atoms with Crippen LogP contribution in [0.1, 0.15) is 12.0 Å². The first-order valence-corrected chi connectivity index (χ1v) is 4.17. The summed E-state index contributed by atoms with van der Waals surface area (Å²) >= 11 is 0. The van der Waals surface area contributed by atoms with E-state index in [4.69, 9.17) is 15.1 Å². The van der Waals surface area contributed by atoms with Crippen LogP contribution < -0.4 is 4.74 Å². The fourth-order valence-electron chi connectivity index (χ4n) is 0.936. The molecule has 1 rings (SSSR count). The molecule has 0 fully saturated rings. The zero-order valence-electron chi connectivity index (χ0n) is 7.74. The van der Waals surface area contributed by atoms with Crippen LogP contribution in [-0.4, -0.2) is 17.7 Å². The SMILES string of the molecule is N#Cc1ccc(OCCC(=O)O)c(F)c1. The summed E-state index contributed by atoms with van der Waals surface area (Å²) in [5, 5.41) is 16.8. The van der Waals surface area contributed by atoms with Gasteiger partial charge in [0, 0.05) is 0 Å². The summed E-state index contributed by atoms with van der Waals surface area (Å²) in [6.45, 7) is -0.0991. The van der Waals surface area contributed by atoms with Crippen LogP contribution in [0.5, 0.6) is 5.75 Å². The molecule has 0 spiro atoms. The summed E-state index contributed by atoms with van der Waals surface area (Å²) in [5.74, 6) is -1.72. The number of hydrogen-bond donors (Lipinski definition) is 1. The van der Waals surface area contributed by atoms with E-state index in [0.29, 0.717) is 0 Å². The van der Waals surface area contributed by atoms with Crippen molar-refractivity contribution < 1.29 is 19.0 Å². The minimum absolute atomic E-state index is 0.0461. The number of halogens is 1. The Labute approximate surface area is 85.5 Å². The molecule has 0 heterocycles. The number of ether oxygens (including phenoxy) is 1. The van der Waals surface area contributed by atoms with Crippen LogP contribution in [0.25, 0.3) is 0 Å². The lowest BCUT2D eigenvalue weighted by atomic mass is 10.2. The Morgan fingerprint density at radius 3 is 2.87 bits per heavy atom. The largest absolute Gasteiger partial charge is 0.490 e. The Kier molecular flexibility index (Phi) is 3.63. The van der Waals surface area contributed by atoms with Gasteiger partial charge in [0.2, 0.25) is 0 Å². The first kappa shape index (κ1) is 11.0. The van der Waals surface area contributed by atoms with Crippen molar-refractivity contribution in [2.45, 2.75) is 6.42 Å². The van der Waals surface area contributed by atoms with Crippen molar-refractivity contribution >= 4 is 5.97 Å². The molecule has 0 saturated heterocycles. The quantitative estimate of drug-likeness (QED) is 0.816. The number of hydrogen-bond acceptors (Lipinski definition) is 3. The molecule has 0 aromatic heterocycles. The van der Waals surface area contributed by atoms with Crippen molar-refractivity contribution in [1.29, 1.82) is 5.26 Å². The van der Waals surface area contributed by atoms with E-state index >= 15 is 0 Å². The maximum atomic E-state index is 13.1. The number of benzene rings is 1. The number of aliphatic carboxylic acids is 1. The van der Waals surface area contributed by atoms with Crippen molar-refractivity contribution in [3.8, 4) is 11.8 Å². The molecule has 0 unspecified atom stereocenters. The molecule has 0 atom stereocenters. The van der Waals surface area contributed by atoms with E-state index in [0.717, 1.165) is 6.07 Å². The van der Waals surface area contributed by atoms with E-state index in [9.17, 15) is 9.18 Å². The number of rotatable bonds is 4. The summed E-state index contributed by atoms with van der Waals surface area (Å²) < 4.78 is 18.0. The van der Waals surface area contributed by atoms with E-state index in [1.165, 1.54) is 12.1 Å². The number of carboxylic acid groups (broad SMARTS) is 1. The summed E-state index contributed by atoms with van der Waals surface area (Å²) in [6.07, 6.45) is -0.195. The molecule has 4 nitrogen and oxygen atoms in total. The average molecular weight is 209 g/mol. The summed E-state index contributed by atoms with van der Waals surface area (Å²) in [7, 11) is 0. The van der Waals surface area contributed by atoms with Crippen LogP contribution in [0.4, 0.5) is 4.39 Å². The molecule has 1 N–H and O–H groups in total. The monoisotopic (exact) mass is 209 g/mol.